The molecule has 2 aromatic rings. The monoisotopic (exact) mass is 289 g/mol. The zero-order valence-corrected chi connectivity index (χ0v) is 9.96. The predicted molar refractivity (Wildman–Crippen MR) is 59.3 cm³/mol. The summed E-state index contributed by atoms with van der Waals surface area (Å²) in [6, 6.07) is 1.88. The van der Waals surface area contributed by atoms with Crippen LogP contribution in [0.4, 0.5) is 0 Å². The smallest absolute Gasteiger partial charge is 0.257 e. The molecular weight excluding hydrogens is 282 g/mol. The van der Waals surface area contributed by atoms with Gasteiger partial charge in [-0.2, -0.15) is 4.98 Å². The van der Waals surface area contributed by atoms with Gasteiger partial charge in [-0.25, -0.2) is 0 Å². The number of rotatable bonds is 3. The fourth-order valence-corrected chi connectivity index (χ4v) is 2.35. The first-order valence-electron chi connectivity index (χ1n) is 4.17. The summed E-state index contributed by atoms with van der Waals surface area (Å²) in [7, 11) is 0. The number of hydrogen-bond acceptors (Lipinski definition) is 6. The average Bonchev–Trinajstić information content (AvgIpc) is 2.84. The summed E-state index contributed by atoms with van der Waals surface area (Å²) in [6.45, 7) is 0.0652. The topological polar surface area (TPSA) is 85.2 Å². The van der Waals surface area contributed by atoms with E-state index in [9.17, 15) is 5.11 Å². The Morgan fingerprint density at radius 3 is 3.07 bits per heavy atom. The molecule has 0 radical (unpaired) electrons. The molecule has 0 spiro atoms. The molecule has 0 unspecified atom stereocenters. The van der Waals surface area contributed by atoms with Gasteiger partial charge in [0.2, 0.25) is 5.82 Å². The number of halogens is 1. The number of aromatic nitrogens is 2. The molecule has 0 saturated carbocycles. The minimum absolute atomic E-state index is 0.0652. The summed E-state index contributed by atoms with van der Waals surface area (Å²) < 4.78 is 5.85. The molecule has 0 aliphatic heterocycles. The maximum Gasteiger partial charge on any atom is 0.257 e. The summed E-state index contributed by atoms with van der Waals surface area (Å²) >= 11 is 4.82. The van der Waals surface area contributed by atoms with Gasteiger partial charge >= 0.3 is 0 Å². The predicted octanol–water partition coefficient (Wildman–Crippen LogP) is 1.55. The van der Waals surface area contributed by atoms with Crippen LogP contribution >= 0.6 is 27.3 Å². The molecule has 0 bridgehead atoms. The minimum Gasteiger partial charge on any atom is -0.382 e. The van der Waals surface area contributed by atoms with Gasteiger partial charge in [-0.05, 0) is 22.0 Å². The second kappa shape index (κ2) is 4.40. The molecule has 2 heterocycles. The molecule has 0 amide bonds. The van der Waals surface area contributed by atoms with Crippen LogP contribution in [0.25, 0.3) is 10.7 Å². The molecule has 0 aromatic carbocycles. The number of thiophene rings is 1. The Morgan fingerprint density at radius 1 is 1.67 bits per heavy atom. The molecule has 3 N–H and O–H groups in total. The highest BCUT2D eigenvalue weighted by molar-refractivity contribution is 9.10. The van der Waals surface area contributed by atoms with E-state index in [1.165, 1.54) is 11.3 Å². The fraction of sp³-hybridized carbons (Fsp3) is 0.250. The van der Waals surface area contributed by atoms with Gasteiger partial charge in [0.25, 0.3) is 5.89 Å². The molecule has 0 aliphatic rings. The summed E-state index contributed by atoms with van der Waals surface area (Å²) in [6.07, 6.45) is -0.894. The summed E-state index contributed by atoms with van der Waals surface area (Å²) in [4.78, 5) is 4.92. The average molecular weight is 290 g/mol. The molecule has 2 rings (SSSR count). The van der Waals surface area contributed by atoms with Gasteiger partial charge in [0.1, 0.15) is 6.10 Å². The molecule has 1 atom stereocenters. The van der Waals surface area contributed by atoms with E-state index >= 15 is 0 Å². The van der Waals surface area contributed by atoms with Crippen molar-refractivity contribution in [2.45, 2.75) is 6.10 Å². The van der Waals surface area contributed by atoms with E-state index in [4.69, 9.17) is 10.3 Å². The first-order valence-corrected chi connectivity index (χ1v) is 5.84. The van der Waals surface area contributed by atoms with Crippen LogP contribution in [0, 0.1) is 0 Å². The third kappa shape index (κ3) is 2.25. The first-order chi connectivity index (χ1) is 7.20. The van der Waals surface area contributed by atoms with E-state index in [-0.39, 0.29) is 12.4 Å². The Labute approximate surface area is 98.0 Å². The summed E-state index contributed by atoms with van der Waals surface area (Å²) in [5, 5.41) is 15.0. The fourth-order valence-electron chi connectivity index (χ4n) is 1.00. The van der Waals surface area contributed by atoms with E-state index in [0.29, 0.717) is 5.82 Å². The van der Waals surface area contributed by atoms with E-state index in [2.05, 4.69) is 26.1 Å². The lowest BCUT2D eigenvalue weighted by Gasteiger charge is -1.97. The van der Waals surface area contributed by atoms with Crippen LogP contribution in [0.3, 0.4) is 0 Å². The zero-order valence-electron chi connectivity index (χ0n) is 7.55. The van der Waals surface area contributed by atoms with Crippen LogP contribution in [0.1, 0.15) is 12.0 Å². The lowest BCUT2D eigenvalue weighted by molar-refractivity contribution is 0.141. The second-order valence-electron chi connectivity index (χ2n) is 2.84. The molecule has 0 saturated heterocycles. The molecular formula is C8H8BrN3O2S. The van der Waals surface area contributed by atoms with Crippen molar-refractivity contribution in [2.75, 3.05) is 6.54 Å². The van der Waals surface area contributed by atoms with Crippen molar-refractivity contribution in [1.82, 2.24) is 10.1 Å². The van der Waals surface area contributed by atoms with Crippen LogP contribution in [0.5, 0.6) is 0 Å². The third-order valence-electron chi connectivity index (χ3n) is 1.74. The van der Waals surface area contributed by atoms with Gasteiger partial charge in [0.15, 0.2) is 0 Å². The minimum atomic E-state index is -0.894. The lowest BCUT2D eigenvalue weighted by Crippen LogP contribution is -2.11. The maximum atomic E-state index is 9.37. The molecule has 2 aromatic heterocycles. The number of aliphatic hydroxyl groups is 1. The van der Waals surface area contributed by atoms with E-state index in [1.54, 1.807) is 0 Å². The Balaban J connectivity index is 2.27. The Bertz CT molecular complexity index is 456. The van der Waals surface area contributed by atoms with Crippen molar-refractivity contribution in [3.63, 3.8) is 0 Å². The van der Waals surface area contributed by atoms with E-state index in [0.717, 1.165) is 9.35 Å². The Kier molecular flexibility index (Phi) is 3.15. The van der Waals surface area contributed by atoms with Crippen molar-refractivity contribution in [3.05, 3.63) is 21.8 Å². The number of aliphatic hydroxyl groups excluding tert-OH is 1. The van der Waals surface area contributed by atoms with Gasteiger partial charge < -0.3 is 15.4 Å². The standard InChI is InChI=1S/C8H8BrN3O2S/c9-4-1-6(15-3-4)7-11-8(14-12-7)5(13)2-10/h1,3,5,13H,2,10H2/t5-/m0/s1. The van der Waals surface area contributed by atoms with Crippen molar-refractivity contribution >= 4 is 27.3 Å². The van der Waals surface area contributed by atoms with Crippen LogP contribution in [-0.4, -0.2) is 21.8 Å². The highest BCUT2D eigenvalue weighted by atomic mass is 79.9. The molecule has 80 valence electrons. The Morgan fingerprint density at radius 2 is 2.47 bits per heavy atom. The van der Waals surface area contributed by atoms with Gasteiger partial charge in [-0.15, -0.1) is 11.3 Å². The van der Waals surface area contributed by atoms with Crippen LogP contribution < -0.4 is 5.73 Å². The zero-order chi connectivity index (χ0) is 10.8. The highest BCUT2D eigenvalue weighted by Gasteiger charge is 2.16. The summed E-state index contributed by atoms with van der Waals surface area (Å²) in [5.41, 5.74) is 5.27. The number of nitrogens with zero attached hydrogens (tertiary/aromatic N) is 2. The molecule has 7 heteroatoms. The van der Waals surface area contributed by atoms with Crippen molar-refractivity contribution < 1.29 is 9.63 Å². The van der Waals surface area contributed by atoms with Gasteiger partial charge in [0, 0.05) is 16.4 Å². The molecule has 0 aliphatic carbocycles. The van der Waals surface area contributed by atoms with Crippen molar-refractivity contribution in [1.29, 1.82) is 0 Å². The third-order valence-corrected chi connectivity index (χ3v) is 3.42. The normalized spacial score (nSPS) is 13.0. The van der Waals surface area contributed by atoms with Gasteiger partial charge in [-0.1, -0.05) is 5.16 Å². The maximum absolute atomic E-state index is 9.37. The SMILES string of the molecule is NC[C@H](O)c1nc(-c2cc(Br)cs2)no1. The van der Waals surface area contributed by atoms with Crippen molar-refractivity contribution in [2.24, 2.45) is 5.73 Å². The van der Waals surface area contributed by atoms with Crippen LogP contribution in [0.15, 0.2) is 20.4 Å². The van der Waals surface area contributed by atoms with Gasteiger partial charge in [-0.3, -0.25) is 0 Å². The number of hydrogen-bond donors (Lipinski definition) is 2. The molecule has 0 fully saturated rings. The summed E-state index contributed by atoms with van der Waals surface area (Å²) in [5.74, 6) is 0.616. The van der Waals surface area contributed by atoms with E-state index in [1.807, 2.05) is 11.4 Å². The van der Waals surface area contributed by atoms with Crippen LogP contribution in [0.2, 0.25) is 0 Å². The largest absolute Gasteiger partial charge is 0.382 e. The quantitative estimate of drug-likeness (QED) is 0.896. The van der Waals surface area contributed by atoms with Crippen LogP contribution in [-0.2, 0) is 0 Å². The first kappa shape index (κ1) is 10.7. The van der Waals surface area contributed by atoms with Gasteiger partial charge in [0.05, 0.1) is 4.88 Å². The highest BCUT2D eigenvalue weighted by Crippen LogP contribution is 2.28. The van der Waals surface area contributed by atoms with E-state index < -0.39 is 6.10 Å². The number of nitrogens with two attached hydrogens (primary N) is 1. The Hall–Kier alpha value is -0.760. The molecule has 15 heavy (non-hydrogen) atoms. The lowest BCUT2D eigenvalue weighted by atomic mass is 10.3. The molecule has 5 nitrogen and oxygen atoms in total. The van der Waals surface area contributed by atoms with Crippen molar-refractivity contribution in [3.8, 4) is 10.7 Å². The second-order valence-corrected chi connectivity index (χ2v) is 4.66.